The molecule has 2 unspecified atom stereocenters. The number of carbonyl (C=O) groups excluding carboxylic acids is 1. The van der Waals surface area contributed by atoms with Gasteiger partial charge < -0.3 is 10.1 Å². The van der Waals surface area contributed by atoms with Crippen LogP contribution in [-0.2, 0) is 9.53 Å². The molecule has 1 saturated heterocycles. The zero-order chi connectivity index (χ0) is 15.4. The molecule has 0 aromatic heterocycles. The van der Waals surface area contributed by atoms with E-state index >= 15 is 0 Å². The maximum absolute atomic E-state index is 12.1. The van der Waals surface area contributed by atoms with Crippen LogP contribution in [0.4, 0.5) is 5.69 Å². The first kappa shape index (κ1) is 15.8. The maximum Gasteiger partial charge on any atom is 0.238 e. The van der Waals surface area contributed by atoms with Gasteiger partial charge in [-0.25, -0.2) is 0 Å². The molecule has 2 rings (SSSR count). The fourth-order valence-corrected chi connectivity index (χ4v) is 2.70. The lowest BCUT2D eigenvalue weighted by Gasteiger charge is -2.34. The summed E-state index contributed by atoms with van der Waals surface area (Å²) >= 11 is 5.90. The van der Waals surface area contributed by atoms with Crippen LogP contribution in [0.5, 0.6) is 0 Å². The molecular weight excluding hydrogens is 290 g/mol. The SMILES string of the molecule is CC1CN(CC(=O)Nc2cc(Cl)ccc2C#N)CC(C)O1. The third-order valence-corrected chi connectivity index (χ3v) is 3.47. The Balaban J connectivity index is 1.99. The molecule has 0 radical (unpaired) electrons. The average molecular weight is 308 g/mol. The van der Waals surface area contributed by atoms with E-state index in [4.69, 9.17) is 21.6 Å². The first-order valence-electron chi connectivity index (χ1n) is 6.85. The highest BCUT2D eigenvalue weighted by Gasteiger charge is 2.23. The second-order valence-electron chi connectivity index (χ2n) is 5.30. The minimum Gasteiger partial charge on any atom is -0.373 e. The lowest BCUT2D eigenvalue weighted by atomic mass is 10.2. The lowest BCUT2D eigenvalue weighted by Crippen LogP contribution is -2.48. The topological polar surface area (TPSA) is 65.4 Å². The largest absolute Gasteiger partial charge is 0.373 e. The summed E-state index contributed by atoms with van der Waals surface area (Å²) in [6.45, 7) is 5.70. The third kappa shape index (κ3) is 4.43. The van der Waals surface area contributed by atoms with Crippen LogP contribution in [-0.4, -0.2) is 42.6 Å². The summed E-state index contributed by atoms with van der Waals surface area (Å²) in [5.41, 5.74) is 0.848. The van der Waals surface area contributed by atoms with E-state index in [0.717, 1.165) is 13.1 Å². The molecule has 1 aromatic carbocycles. The number of anilines is 1. The van der Waals surface area contributed by atoms with Gasteiger partial charge in [-0.3, -0.25) is 9.69 Å². The summed E-state index contributed by atoms with van der Waals surface area (Å²) in [7, 11) is 0. The Kier molecular flexibility index (Phi) is 5.18. The number of nitriles is 1. The predicted octanol–water partition coefficient (Wildman–Crippen LogP) is 2.26. The molecule has 0 aliphatic carbocycles. The van der Waals surface area contributed by atoms with E-state index in [1.54, 1.807) is 18.2 Å². The number of hydrogen-bond acceptors (Lipinski definition) is 4. The standard InChI is InChI=1S/C15H18ClN3O2/c1-10-7-19(8-11(2)21-10)9-15(20)18-14-5-13(16)4-3-12(14)6-17/h3-5,10-11H,7-9H2,1-2H3,(H,18,20). The van der Waals surface area contributed by atoms with Crippen LogP contribution in [0.1, 0.15) is 19.4 Å². The van der Waals surface area contributed by atoms with Gasteiger partial charge in [0.15, 0.2) is 0 Å². The Bertz CT molecular complexity index is 561. The fraction of sp³-hybridized carbons (Fsp3) is 0.467. The highest BCUT2D eigenvalue weighted by atomic mass is 35.5. The van der Waals surface area contributed by atoms with Crippen LogP contribution in [0, 0.1) is 11.3 Å². The molecule has 1 N–H and O–H groups in total. The van der Waals surface area contributed by atoms with E-state index in [-0.39, 0.29) is 24.7 Å². The van der Waals surface area contributed by atoms with Crippen molar-refractivity contribution in [2.24, 2.45) is 0 Å². The summed E-state index contributed by atoms with van der Waals surface area (Å²) in [4.78, 5) is 14.2. The second-order valence-corrected chi connectivity index (χ2v) is 5.74. The Morgan fingerprint density at radius 1 is 1.48 bits per heavy atom. The van der Waals surface area contributed by atoms with Gasteiger partial charge >= 0.3 is 0 Å². The van der Waals surface area contributed by atoms with Crippen LogP contribution >= 0.6 is 11.6 Å². The molecule has 1 aromatic rings. The van der Waals surface area contributed by atoms with Crippen LogP contribution in [0.25, 0.3) is 0 Å². The van der Waals surface area contributed by atoms with E-state index in [9.17, 15) is 4.79 Å². The molecule has 1 heterocycles. The average Bonchev–Trinajstić information content (AvgIpc) is 2.37. The molecule has 0 saturated carbocycles. The molecule has 1 aliphatic heterocycles. The van der Waals surface area contributed by atoms with E-state index in [2.05, 4.69) is 5.32 Å². The molecule has 2 atom stereocenters. The van der Waals surface area contributed by atoms with Gasteiger partial charge in [-0.2, -0.15) is 5.26 Å². The first-order valence-corrected chi connectivity index (χ1v) is 7.23. The van der Waals surface area contributed by atoms with Gasteiger partial charge in [0.1, 0.15) is 6.07 Å². The fourth-order valence-electron chi connectivity index (χ4n) is 2.52. The van der Waals surface area contributed by atoms with Gasteiger partial charge in [0, 0.05) is 18.1 Å². The monoisotopic (exact) mass is 307 g/mol. The third-order valence-electron chi connectivity index (χ3n) is 3.24. The number of benzene rings is 1. The van der Waals surface area contributed by atoms with Crippen molar-refractivity contribution in [1.82, 2.24) is 4.90 Å². The molecule has 21 heavy (non-hydrogen) atoms. The number of halogens is 1. The summed E-state index contributed by atoms with van der Waals surface area (Å²) in [5.74, 6) is -0.157. The summed E-state index contributed by atoms with van der Waals surface area (Å²) < 4.78 is 5.63. The number of morpholine rings is 1. The Morgan fingerprint density at radius 2 is 2.14 bits per heavy atom. The normalized spacial score (nSPS) is 22.6. The minimum absolute atomic E-state index is 0.113. The molecule has 0 bridgehead atoms. The van der Waals surface area contributed by atoms with Gasteiger partial charge in [0.25, 0.3) is 0 Å². The van der Waals surface area contributed by atoms with E-state index in [1.165, 1.54) is 0 Å². The van der Waals surface area contributed by atoms with Gasteiger partial charge in [0.05, 0.1) is 30.0 Å². The van der Waals surface area contributed by atoms with Gasteiger partial charge in [-0.15, -0.1) is 0 Å². The Hall–Kier alpha value is -1.61. The molecule has 5 nitrogen and oxygen atoms in total. The van der Waals surface area contributed by atoms with Crippen molar-refractivity contribution >= 4 is 23.2 Å². The van der Waals surface area contributed by atoms with Crippen LogP contribution in [0.2, 0.25) is 5.02 Å². The molecule has 1 amide bonds. The van der Waals surface area contributed by atoms with Crippen LogP contribution in [0.3, 0.4) is 0 Å². The molecule has 1 aliphatic rings. The molecule has 0 spiro atoms. The molecule has 1 fully saturated rings. The van der Waals surface area contributed by atoms with Crippen LogP contribution < -0.4 is 5.32 Å². The van der Waals surface area contributed by atoms with Crippen LogP contribution in [0.15, 0.2) is 18.2 Å². The number of ether oxygens (including phenoxy) is 1. The number of rotatable bonds is 3. The van der Waals surface area contributed by atoms with E-state index < -0.39 is 0 Å². The molecular formula is C15H18ClN3O2. The van der Waals surface area contributed by atoms with Crippen molar-refractivity contribution in [3.63, 3.8) is 0 Å². The van der Waals surface area contributed by atoms with Crippen molar-refractivity contribution in [1.29, 1.82) is 5.26 Å². The smallest absolute Gasteiger partial charge is 0.238 e. The van der Waals surface area contributed by atoms with E-state index in [0.29, 0.717) is 16.3 Å². The summed E-state index contributed by atoms with van der Waals surface area (Å²) in [6, 6.07) is 6.84. The number of carbonyl (C=O) groups is 1. The quantitative estimate of drug-likeness (QED) is 0.930. The Morgan fingerprint density at radius 3 is 2.76 bits per heavy atom. The van der Waals surface area contributed by atoms with Crippen molar-refractivity contribution < 1.29 is 9.53 Å². The van der Waals surface area contributed by atoms with Crippen molar-refractivity contribution in [3.8, 4) is 6.07 Å². The highest BCUT2D eigenvalue weighted by molar-refractivity contribution is 6.31. The van der Waals surface area contributed by atoms with Gasteiger partial charge in [-0.05, 0) is 32.0 Å². The number of nitrogens with one attached hydrogen (secondary N) is 1. The predicted molar refractivity (Wildman–Crippen MR) is 81.2 cm³/mol. The van der Waals surface area contributed by atoms with E-state index in [1.807, 2.05) is 24.8 Å². The van der Waals surface area contributed by atoms with Gasteiger partial charge in [0.2, 0.25) is 5.91 Å². The second kappa shape index (κ2) is 6.90. The first-order chi connectivity index (χ1) is 9.97. The maximum atomic E-state index is 12.1. The van der Waals surface area contributed by atoms with Crippen molar-refractivity contribution in [2.75, 3.05) is 25.0 Å². The number of amides is 1. The minimum atomic E-state index is -0.157. The zero-order valence-electron chi connectivity index (χ0n) is 12.1. The zero-order valence-corrected chi connectivity index (χ0v) is 12.9. The Labute approximate surface area is 129 Å². The van der Waals surface area contributed by atoms with Gasteiger partial charge in [-0.1, -0.05) is 11.6 Å². The highest BCUT2D eigenvalue weighted by Crippen LogP contribution is 2.20. The summed E-state index contributed by atoms with van der Waals surface area (Å²) in [5, 5.41) is 12.3. The lowest BCUT2D eigenvalue weighted by molar-refractivity contribution is -0.121. The number of nitrogens with zero attached hydrogens (tertiary/aromatic N) is 2. The van der Waals surface area contributed by atoms with Crippen molar-refractivity contribution in [3.05, 3.63) is 28.8 Å². The number of hydrogen-bond donors (Lipinski definition) is 1. The van der Waals surface area contributed by atoms with Crippen molar-refractivity contribution in [2.45, 2.75) is 26.1 Å². The summed E-state index contributed by atoms with van der Waals surface area (Å²) in [6.07, 6.45) is 0.227. The molecule has 112 valence electrons. The molecule has 6 heteroatoms.